The molecular formula is C27H31NO7S. The zero-order valence-electron chi connectivity index (χ0n) is 21.1. The summed E-state index contributed by atoms with van der Waals surface area (Å²) < 4.78 is 27.2. The molecule has 1 aliphatic heterocycles. The fourth-order valence-electron chi connectivity index (χ4n) is 4.93. The number of hydrogen-bond donors (Lipinski definition) is 1. The Balaban J connectivity index is 1.85. The van der Waals surface area contributed by atoms with Crippen molar-refractivity contribution in [1.82, 2.24) is 5.32 Å². The van der Waals surface area contributed by atoms with Crippen LogP contribution in [0.25, 0.3) is 0 Å². The summed E-state index contributed by atoms with van der Waals surface area (Å²) in [5, 5.41) is 5.39. The second kappa shape index (κ2) is 11.2. The Morgan fingerprint density at radius 3 is 2.36 bits per heavy atom. The van der Waals surface area contributed by atoms with E-state index in [4.69, 9.17) is 23.7 Å². The number of dihydropyridines is 1. The van der Waals surface area contributed by atoms with Gasteiger partial charge in [0.15, 0.2) is 17.3 Å². The van der Waals surface area contributed by atoms with Crippen molar-refractivity contribution >= 4 is 23.1 Å². The predicted octanol–water partition coefficient (Wildman–Crippen LogP) is 4.33. The van der Waals surface area contributed by atoms with Crippen molar-refractivity contribution in [1.29, 1.82) is 0 Å². The minimum Gasteiger partial charge on any atom is -0.493 e. The van der Waals surface area contributed by atoms with Gasteiger partial charge in [-0.3, -0.25) is 4.79 Å². The fourth-order valence-corrected chi connectivity index (χ4v) is 5.76. The average molecular weight is 514 g/mol. The van der Waals surface area contributed by atoms with E-state index in [-0.39, 0.29) is 24.9 Å². The number of hydrogen-bond acceptors (Lipinski definition) is 9. The van der Waals surface area contributed by atoms with Crippen LogP contribution in [0, 0.1) is 0 Å². The first-order valence-electron chi connectivity index (χ1n) is 11.7. The summed E-state index contributed by atoms with van der Waals surface area (Å²) in [5.74, 6) is 0.249. The van der Waals surface area contributed by atoms with Crippen molar-refractivity contribution in [3.05, 3.63) is 62.6 Å². The molecule has 4 rings (SSSR count). The average Bonchev–Trinajstić information content (AvgIpc) is 3.42. The van der Waals surface area contributed by atoms with Gasteiger partial charge in [-0.1, -0.05) is 6.07 Å². The number of allylic oxidation sites excluding steroid dienone is 3. The lowest BCUT2D eigenvalue weighted by molar-refractivity contribution is -0.140. The maximum Gasteiger partial charge on any atom is 0.336 e. The lowest BCUT2D eigenvalue weighted by Crippen LogP contribution is -2.36. The van der Waals surface area contributed by atoms with Crippen LogP contribution in [0.4, 0.5) is 0 Å². The molecule has 8 nitrogen and oxygen atoms in total. The van der Waals surface area contributed by atoms with Crippen LogP contribution < -0.4 is 19.5 Å². The second-order valence-corrected chi connectivity index (χ2v) is 9.60. The maximum atomic E-state index is 13.7. The van der Waals surface area contributed by atoms with E-state index >= 15 is 0 Å². The van der Waals surface area contributed by atoms with Gasteiger partial charge in [0.1, 0.15) is 6.61 Å². The molecular weight excluding hydrogens is 482 g/mol. The number of ether oxygens (including phenoxy) is 5. The number of Topliss-reactive ketones (excluding diaryl/α,β-unsaturated/α-hetero) is 1. The van der Waals surface area contributed by atoms with Crippen LogP contribution in [0.2, 0.25) is 0 Å². The Kier molecular flexibility index (Phi) is 8.01. The van der Waals surface area contributed by atoms with Crippen LogP contribution in [-0.4, -0.2) is 53.4 Å². The van der Waals surface area contributed by atoms with E-state index in [1.165, 1.54) is 26.2 Å². The van der Waals surface area contributed by atoms with Crippen molar-refractivity contribution in [2.45, 2.75) is 31.6 Å². The van der Waals surface area contributed by atoms with Crippen molar-refractivity contribution < 1.29 is 33.3 Å². The molecule has 0 amide bonds. The third-order valence-corrected chi connectivity index (χ3v) is 7.57. The topological polar surface area (TPSA) is 92.3 Å². The van der Waals surface area contributed by atoms with Crippen LogP contribution >= 0.6 is 11.3 Å². The Morgan fingerprint density at radius 2 is 1.78 bits per heavy atom. The molecule has 9 heteroatoms. The number of thiophene rings is 1. The zero-order valence-corrected chi connectivity index (χ0v) is 22.0. The number of methoxy groups -OCH3 is 4. The highest BCUT2D eigenvalue weighted by Gasteiger charge is 2.42. The van der Waals surface area contributed by atoms with E-state index in [0.29, 0.717) is 52.5 Å². The molecule has 192 valence electrons. The van der Waals surface area contributed by atoms with Crippen molar-refractivity contribution in [2.24, 2.45) is 0 Å². The molecule has 1 aromatic carbocycles. The quantitative estimate of drug-likeness (QED) is 0.391. The van der Waals surface area contributed by atoms with Crippen molar-refractivity contribution in [3.63, 3.8) is 0 Å². The summed E-state index contributed by atoms with van der Waals surface area (Å²) in [7, 11) is 6.14. The zero-order chi connectivity index (χ0) is 25.8. The van der Waals surface area contributed by atoms with E-state index in [1.807, 2.05) is 18.4 Å². The third-order valence-electron chi connectivity index (χ3n) is 6.53. The maximum absolute atomic E-state index is 13.7. The molecule has 1 aliphatic carbocycles. The summed E-state index contributed by atoms with van der Waals surface area (Å²) in [6.45, 7) is 2.21. The Hall–Kier alpha value is -3.30. The molecule has 2 heterocycles. The number of esters is 1. The summed E-state index contributed by atoms with van der Waals surface area (Å²) in [4.78, 5) is 28.2. The van der Waals surface area contributed by atoms with Gasteiger partial charge < -0.3 is 29.0 Å². The molecule has 0 fully saturated rings. The molecule has 1 N–H and O–H groups in total. The van der Waals surface area contributed by atoms with Crippen LogP contribution in [-0.2, 0) is 19.1 Å². The summed E-state index contributed by atoms with van der Waals surface area (Å²) in [6, 6.07) is 7.64. The number of ketones is 1. The highest BCUT2D eigenvalue weighted by molar-refractivity contribution is 7.10. The first-order valence-corrected chi connectivity index (χ1v) is 12.5. The fraction of sp³-hybridized carbons (Fsp3) is 0.407. The Labute approximate surface area is 214 Å². The Bertz CT molecular complexity index is 1170. The molecule has 0 unspecified atom stereocenters. The number of carbonyl (C=O) groups is 2. The standard InChI is InChI=1S/C27H31NO7S/c1-15-23(27(30)35-9-8-31-2)24(17-13-20(32-3)26(34-5)21(14-17)33-4)25-18(28-15)11-16(12-19(25)29)22-7-6-10-36-22/h6-7,10,13-14,16,24,28H,8-9,11-12H2,1-5H3/t16-,24+/m0/s1. The van der Waals surface area contributed by atoms with E-state index in [1.54, 1.807) is 30.6 Å². The monoisotopic (exact) mass is 513 g/mol. The van der Waals surface area contributed by atoms with Gasteiger partial charge in [0.25, 0.3) is 0 Å². The minimum atomic E-state index is -0.651. The minimum absolute atomic E-state index is 0.00408. The van der Waals surface area contributed by atoms with Gasteiger partial charge in [0, 0.05) is 47.2 Å². The second-order valence-electron chi connectivity index (χ2n) is 8.62. The smallest absolute Gasteiger partial charge is 0.336 e. The van der Waals surface area contributed by atoms with E-state index < -0.39 is 11.9 Å². The largest absolute Gasteiger partial charge is 0.493 e. The highest BCUT2D eigenvalue weighted by atomic mass is 32.1. The Morgan fingerprint density at radius 1 is 1.06 bits per heavy atom. The third kappa shape index (κ3) is 4.85. The van der Waals surface area contributed by atoms with E-state index in [9.17, 15) is 9.59 Å². The molecule has 0 radical (unpaired) electrons. The van der Waals surface area contributed by atoms with Gasteiger partial charge in [0.05, 0.1) is 33.5 Å². The predicted molar refractivity (Wildman–Crippen MR) is 136 cm³/mol. The normalized spacial score (nSPS) is 19.5. The van der Waals surface area contributed by atoms with Crippen LogP contribution in [0.1, 0.15) is 42.0 Å². The van der Waals surface area contributed by atoms with Crippen LogP contribution in [0.3, 0.4) is 0 Å². The molecule has 2 aliphatic rings. The SMILES string of the molecule is COCCOC(=O)C1=C(C)NC2=C(C(=O)C[C@@H](c3cccs3)C2)[C@@H]1c1cc(OC)c(OC)c(OC)c1. The molecule has 1 aromatic heterocycles. The summed E-state index contributed by atoms with van der Waals surface area (Å²) in [5.41, 5.74) is 3.10. The number of nitrogens with one attached hydrogen (secondary N) is 1. The van der Waals surface area contributed by atoms with Crippen LogP contribution in [0.15, 0.2) is 52.2 Å². The highest BCUT2D eigenvalue weighted by Crippen LogP contribution is 2.49. The number of carbonyl (C=O) groups excluding carboxylic acids is 2. The van der Waals surface area contributed by atoms with Gasteiger partial charge in [-0.25, -0.2) is 4.79 Å². The molecule has 0 saturated heterocycles. The van der Waals surface area contributed by atoms with E-state index in [2.05, 4.69) is 11.4 Å². The van der Waals surface area contributed by atoms with Gasteiger partial charge in [-0.2, -0.15) is 0 Å². The van der Waals surface area contributed by atoms with Crippen LogP contribution in [0.5, 0.6) is 17.2 Å². The number of benzene rings is 1. The first-order chi connectivity index (χ1) is 17.4. The van der Waals surface area contributed by atoms with Crippen molar-refractivity contribution in [3.8, 4) is 17.2 Å². The summed E-state index contributed by atoms with van der Waals surface area (Å²) >= 11 is 1.65. The van der Waals surface area contributed by atoms with E-state index in [0.717, 1.165) is 5.70 Å². The number of rotatable bonds is 9. The summed E-state index contributed by atoms with van der Waals surface area (Å²) in [6.07, 6.45) is 1.04. The van der Waals surface area contributed by atoms with Gasteiger partial charge in [-0.15, -0.1) is 11.3 Å². The molecule has 0 spiro atoms. The lowest BCUT2D eigenvalue weighted by Gasteiger charge is -2.36. The molecule has 0 bridgehead atoms. The van der Waals surface area contributed by atoms with Gasteiger partial charge in [0.2, 0.25) is 5.75 Å². The molecule has 2 atom stereocenters. The first kappa shape index (κ1) is 25.8. The van der Waals surface area contributed by atoms with Gasteiger partial charge >= 0.3 is 5.97 Å². The van der Waals surface area contributed by atoms with Gasteiger partial charge in [-0.05, 0) is 42.5 Å². The lowest BCUT2D eigenvalue weighted by atomic mass is 9.72. The molecule has 36 heavy (non-hydrogen) atoms. The molecule has 0 saturated carbocycles. The van der Waals surface area contributed by atoms with Crippen molar-refractivity contribution in [2.75, 3.05) is 41.7 Å². The molecule has 2 aromatic rings.